The summed E-state index contributed by atoms with van der Waals surface area (Å²) in [5.41, 5.74) is 9.51. The summed E-state index contributed by atoms with van der Waals surface area (Å²) in [5, 5.41) is 3.80. The van der Waals surface area contributed by atoms with Crippen LogP contribution in [0.15, 0.2) is 59.6 Å². The SMILES string of the molecule is CC(C)c1cccc(C(C)C)c1N=Cc1cccc(C(C)Nc2c(C(C)C)cccc2C(C)C)n1. The van der Waals surface area contributed by atoms with E-state index in [0.29, 0.717) is 23.7 Å². The van der Waals surface area contributed by atoms with Crippen LogP contribution in [-0.4, -0.2) is 11.2 Å². The molecule has 3 nitrogen and oxygen atoms in total. The first-order valence-electron chi connectivity index (χ1n) is 13.1. The molecular weight excluding hydrogens is 426 g/mol. The second-order valence-corrected chi connectivity index (χ2v) is 10.8. The summed E-state index contributed by atoms with van der Waals surface area (Å²) in [6, 6.07) is 19.5. The topological polar surface area (TPSA) is 37.3 Å². The summed E-state index contributed by atoms with van der Waals surface area (Å²) in [6.07, 6.45) is 1.92. The number of nitrogens with zero attached hydrogens (tertiary/aromatic N) is 2. The van der Waals surface area contributed by atoms with Gasteiger partial charge in [0.2, 0.25) is 0 Å². The molecule has 0 aliphatic rings. The van der Waals surface area contributed by atoms with Crippen molar-refractivity contribution in [2.45, 2.75) is 92.0 Å². The van der Waals surface area contributed by atoms with Gasteiger partial charge in [0.05, 0.1) is 29.3 Å². The molecule has 0 saturated heterocycles. The molecule has 3 rings (SSSR count). The van der Waals surface area contributed by atoms with Gasteiger partial charge in [-0.05, 0) is 65.0 Å². The van der Waals surface area contributed by atoms with E-state index in [1.54, 1.807) is 0 Å². The maximum absolute atomic E-state index is 4.97. The van der Waals surface area contributed by atoms with E-state index in [9.17, 15) is 0 Å². The molecule has 0 aliphatic carbocycles. The van der Waals surface area contributed by atoms with Gasteiger partial charge in [-0.3, -0.25) is 4.99 Å². The standard InChI is InChI=1S/C32H43N3/c1-20(2)26-14-11-15-27(21(3)4)31(26)33-19-25-13-10-18-30(35-25)24(9)34-32-28(22(5)6)16-12-17-29(32)23(7)8/h10-24,34H,1-9H3. The van der Waals surface area contributed by atoms with E-state index in [1.165, 1.54) is 27.9 Å². The monoisotopic (exact) mass is 469 g/mol. The van der Waals surface area contributed by atoms with Crippen molar-refractivity contribution >= 4 is 17.6 Å². The maximum Gasteiger partial charge on any atom is 0.0816 e. The van der Waals surface area contributed by atoms with E-state index in [-0.39, 0.29) is 6.04 Å². The van der Waals surface area contributed by atoms with Crippen LogP contribution in [0.1, 0.15) is 126 Å². The fraction of sp³-hybridized carbons (Fsp3) is 0.438. The normalized spacial score (nSPS) is 12.9. The highest BCUT2D eigenvalue weighted by molar-refractivity contribution is 5.81. The highest BCUT2D eigenvalue weighted by Gasteiger charge is 2.17. The minimum Gasteiger partial charge on any atom is -0.376 e. The summed E-state index contributed by atoms with van der Waals surface area (Å²) in [7, 11) is 0. The molecular formula is C32H43N3. The van der Waals surface area contributed by atoms with E-state index in [1.807, 2.05) is 12.3 Å². The second kappa shape index (κ2) is 11.7. The van der Waals surface area contributed by atoms with E-state index >= 15 is 0 Å². The number of benzene rings is 2. The van der Waals surface area contributed by atoms with Crippen LogP contribution in [0.25, 0.3) is 0 Å². The largest absolute Gasteiger partial charge is 0.376 e. The Balaban J connectivity index is 1.93. The molecule has 2 aromatic carbocycles. The molecule has 3 aromatic rings. The molecule has 1 unspecified atom stereocenters. The number of pyridine rings is 1. The van der Waals surface area contributed by atoms with Gasteiger partial charge in [0.25, 0.3) is 0 Å². The molecule has 0 bridgehead atoms. The Morgan fingerprint density at radius 2 is 1.09 bits per heavy atom. The lowest BCUT2D eigenvalue weighted by Gasteiger charge is -2.24. The van der Waals surface area contributed by atoms with Crippen LogP contribution in [0.3, 0.4) is 0 Å². The molecule has 3 heteroatoms. The number of hydrogen-bond donors (Lipinski definition) is 1. The zero-order valence-electron chi connectivity index (χ0n) is 23.1. The summed E-state index contributed by atoms with van der Waals surface area (Å²) >= 11 is 0. The lowest BCUT2D eigenvalue weighted by atomic mass is 9.92. The van der Waals surface area contributed by atoms with Gasteiger partial charge in [-0.1, -0.05) is 97.9 Å². The van der Waals surface area contributed by atoms with Crippen molar-refractivity contribution in [3.63, 3.8) is 0 Å². The van der Waals surface area contributed by atoms with Crippen LogP contribution in [0.2, 0.25) is 0 Å². The summed E-state index contributed by atoms with van der Waals surface area (Å²) in [4.78, 5) is 9.94. The Morgan fingerprint density at radius 1 is 0.629 bits per heavy atom. The van der Waals surface area contributed by atoms with E-state index < -0.39 is 0 Å². The predicted molar refractivity (Wildman–Crippen MR) is 153 cm³/mol. The Kier molecular flexibility index (Phi) is 8.88. The Morgan fingerprint density at radius 3 is 1.57 bits per heavy atom. The smallest absolute Gasteiger partial charge is 0.0816 e. The molecule has 0 radical (unpaired) electrons. The molecule has 35 heavy (non-hydrogen) atoms. The van der Waals surface area contributed by atoms with Gasteiger partial charge in [-0.15, -0.1) is 0 Å². The Bertz CT molecular complexity index is 1100. The van der Waals surface area contributed by atoms with E-state index in [4.69, 9.17) is 9.98 Å². The lowest BCUT2D eigenvalue weighted by Crippen LogP contribution is -2.13. The highest BCUT2D eigenvalue weighted by atomic mass is 15.0. The fourth-order valence-electron chi connectivity index (χ4n) is 4.58. The first-order valence-corrected chi connectivity index (χ1v) is 13.1. The molecule has 0 amide bonds. The third kappa shape index (κ3) is 6.39. The average molecular weight is 470 g/mol. The van der Waals surface area contributed by atoms with Crippen LogP contribution in [0.5, 0.6) is 0 Å². The number of anilines is 1. The third-order valence-electron chi connectivity index (χ3n) is 6.64. The van der Waals surface area contributed by atoms with Gasteiger partial charge in [0, 0.05) is 5.69 Å². The van der Waals surface area contributed by atoms with Crippen molar-refractivity contribution in [2.24, 2.45) is 4.99 Å². The van der Waals surface area contributed by atoms with E-state index in [0.717, 1.165) is 17.1 Å². The summed E-state index contributed by atoms with van der Waals surface area (Å²) in [5.74, 6) is 1.73. The Hall–Kier alpha value is -2.94. The fourth-order valence-corrected chi connectivity index (χ4v) is 4.58. The van der Waals surface area contributed by atoms with Crippen molar-refractivity contribution in [1.29, 1.82) is 0 Å². The molecule has 1 N–H and O–H groups in total. The number of aromatic nitrogens is 1. The molecule has 0 fully saturated rings. The van der Waals surface area contributed by atoms with Crippen LogP contribution in [-0.2, 0) is 0 Å². The van der Waals surface area contributed by atoms with Crippen molar-refractivity contribution in [3.05, 3.63) is 88.2 Å². The first-order chi connectivity index (χ1) is 16.6. The maximum atomic E-state index is 4.97. The van der Waals surface area contributed by atoms with Crippen molar-refractivity contribution in [2.75, 3.05) is 5.32 Å². The third-order valence-corrected chi connectivity index (χ3v) is 6.64. The second-order valence-electron chi connectivity index (χ2n) is 10.8. The van der Waals surface area contributed by atoms with Crippen molar-refractivity contribution < 1.29 is 0 Å². The zero-order valence-corrected chi connectivity index (χ0v) is 23.1. The zero-order chi connectivity index (χ0) is 25.7. The number of rotatable bonds is 9. The molecule has 186 valence electrons. The minimum absolute atomic E-state index is 0.0786. The molecule has 0 aliphatic heterocycles. The van der Waals surface area contributed by atoms with Crippen LogP contribution >= 0.6 is 0 Å². The van der Waals surface area contributed by atoms with Crippen LogP contribution < -0.4 is 5.32 Å². The number of para-hydroxylation sites is 2. The van der Waals surface area contributed by atoms with Gasteiger partial charge >= 0.3 is 0 Å². The van der Waals surface area contributed by atoms with Gasteiger partial charge in [-0.25, -0.2) is 4.98 Å². The van der Waals surface area contributed by atoms with Gasteiger partial charge in [-0.2, -0.15) is 0 Å². The van der Waals surface area contributed by atoms with Gasteiger partial charge in [0.15, 0.2) is 0 Å². The Labute approximate surface area is 213 Å². The van der Waals surface area contributed by atoms with Crippen LogP contribution in [0, 0.1) is 0 Å². The van der Waals surface area contributed by atoms with Gasteiger partial charge in [0.1, 0.15) is 0 Å². The number of hydrogen-bond acceptors (Lipinski definition) is 3. The average Bonchev–Trinajstić information content (AvgIpc) is 2.82. The number of nitrogens with one attached hydrogen (secondary N) is 1. The van der Waals surface area contributed by atoms with Crippen molar-refractivity contribution in [1.82, 2.24) is 4.98 Å². The lowest BCUT2D eigenvalue weighted by molar-refractivity contribution is 0.796. The quantitative estimate of drug-likeness (QED) is 0.317. The predicted octanol–water partition coefficient (Wildman–Crippen LogP) is 9.50. The minimum atomic E-state index is 0.0786. The molecule has 1 atom stereocenters. The van der Waals surface area contributed by atoms with E-state index in [2.05, 4.69) is 116 Å². The summed E-state index contributed by atoms with van der Waals surface area (Å²) in [6.45, 7) is 20.1. The molecule has 0 spiro atoms. The summed E-state index contributed by atoms with van der Waals surface area (Å²) < 4.78 is 0. The molecule has 0 saturated carbocycles. The van der Waals surface area contributed by atoms with Crippen molar-refractivity contribution in [3.8, 4) is 0 Å². The highest BCUT2D eigenvalue weighted by Crippen LogP contribution is 2.36. The molecule has 1 heterocycles. The molecule has 1 aromatic heterocycles. The van der Waals surface area contributed by atoms with Gasteiger partial charge < -0.3 is 5.32 Å². The first kappa shape index (κ1) is 26.7. The number of aliphatic imine (C=N–C) groups is 1. The van der Waals surface area contributed by atoms with Crippen LogP contribution in [0.4, 0.5) is 11.4 Å².